The second-order valence-electron chi connectivity index (χ2n) is 9.14. The van der Waals surface area contributed by atoms with Crippen LogP contribution in [0.1, 0.15) is 53.2 Å². The average Bonchev–Trinajstić information content (AvgIpc) is 2.81. The standard InChI is InChI=1S/C27H31N3O3/c1-19-6-3-4-7-23(19)18-24(20(2)31)21-8-10-22(11-9-21)25(32)29-14-16-30(17-15-29)26(33)27(28)12-5-13-27/h3-4,6-11,18H,5,12-17,28H2,1-2H3/b24-18+. The highest BCUT2D eigenvalue weighted by atomic mass is 16.2. The summed E-state index contributed by atoms with van der Waals surface area (Å²) in [5.74, 6) is -0.0725. The van der Waals surface area contributed by atoms with Gasteiger partial charge >= 0.3 is 0 Å². The van der Waals surface area contributed by atoms with Gasteiger partial charge in [0.05, 0.1) is 5.54 Å². The molecule has 2 amide bonds. The summed E-state index contributed by atoms with van der Waals surface area (Å²) in [6.07, 6.45) is 4.40. The summed E-state index contributed by atoms with van der Waals surface area (Å²) >= 11 is 0. The fraction of sp³-hybridized carbons (Fsp3) is 0.370. The number of ketones is 1. The average molecular weight is 446 g/mol. The summed E-state index contributed by atoms with van der Waals surface area (Å²) in [5, 5.41) is 0. The minimum Gasteiger partial charge on any atom is -0.338 e. The van der Waals surface area contributed by atoms with Gasteiger partial charge in [-0.25, -0.2) is 0 Å². The first-order chi connectivity index (χ1) is 15.8. The molecule has 6 heteroatoms. The van der Waals surface area contributed by atoms with Crippen LogP contribution in [0.25, 0.3) is 11.6 Å². The molecule has 6 nitrogen and oxygen atoms in total. The minimum absolute atomic E-state index is 0.0161. The van der Waals surface area contributed by atoms with Crippen molar-refractivity contribution in [2.75, 3.05) is 26.2 Å². The van der Waals surface area contributed by atoms with Crippen LogP contribution in [0.4, 0.5) is 0 Å². The number of carbonyl (C=O) groups excluding carboxylic acids is 3. The van der Waals surface area contributed by atoms with Gasteiger partial charge in [0.15, 0.2) is 5.78 Å². The Balaban J connectivity index is 1.43. The number of carbonyl (C=O) groups is 3. The molecule has 1 saturated carbocycles. The van der Waals surface area contributed by atoms with E-state index < -0.39 is 5.54 Å². The third kappa shape index (κ3) is 4.76. The Labute approximate surface area is 195 Å². The van der Waals surface area contributed by atoms with Crippen LogP contribution >= 0.6 is 0 Å². The van der Waals surface area contributed by atoms with E-state index in [4.69, 9.17) is 5.73 Å². The van der Waals surface area contributed by atoms with E-state index in [1.54, 1.807) is 28.9 Å². The van der Waals surface area contributed by atoms with Crippen molar-refractivity contribution < 1.29 is 14.4 Å². The van der Waals surface area contributed by atoms with E-state index in [1.165, 1.54) is 0 Å². The van der Waals surface area contributed by atoms with Gasteiger partial charge in [0, 0.05) is 37.3 Å². The quantitative estimate of drug-likeness (QED) is 0.565. The number of aryl methyl sites for hydroxylation is 1. The van der Waals surface area contributed by atoms with Crippen LogP contribution in [-0.4, -0.2) is 59.1 Å². The first-order valence-corrected chi connectivity index (χ1v) is 11.5. The van der Waals surface area contributed by atoms with Gasteiger partial charge in [0.25, 0.3) is 5.91 Å². The van der Waals surface area contributed by atoms with Crippen LogP contribution in [0.15, 0.2) is 48.5 Å². The molecule has 1 aliphatic carbocycles. The normalized spacial score (nSPS) is 18.0. The minimum atomic E-state index is -0.692. The zero-order valence-corrected chi connectivity index (χ0v) is 19.3. The molecule has 2 aromatic carbocycles. The van der Waals surface area contributed by atoms with Gasteiger partial charge in [0.1, 0.15) is 0 Å². The van der Waals surface area contributed by atoms with Crippen LogP contribution in [-0.2, 0) is 9.59 Å². The summed E-state index contributed by atoms with van der Waals surface area (Å²) in [6.45, 7) is 5.57. The molecular weight excluding hydrogens is 414 g/mol. The number of amides is 2. The maximum Gasteiger partial charge on any atom is 0.253 e. The Morgan fingerprint density at radius 2 is 1.45 bits per heavy atom. The molecule has 2 aromatic rings. The number of hydrogen-bond donors (Lipinski definition) is 1. The van der Waals surface area contributed by atoms with E-state index in [-0.39, 0.29) is 17.6 Å². The van der Waals surface area contributed by atoms with Crippen molar-refractivity contribution in [2.45, 2.75) is 38.6 Å². The van der Waals surface area contributed by atoms with Crippen molar-refractivity contribution >= 4 is 29.2 Å². The zero-order chi connectivity index (χ0) is 23.6. The molecule has 0 radical (unpaired) electrons. The number of piperazine rings is 1. The number of rotatable bonds is 5. The third-order valence-electron chi connectivity index (χ3n) is 6.84. The van der Waals surface area contributed by atoms with E-state index in [2.05, 4.69) is 0 Å². The van der Waals surface area contributed by atoms with Crippen LogP contribution in [0, 0.1) is 6.92 Å². The number of hydrogen-bond acceptors (Lipinski definition) is 4. The number of nitrogens with two attached hydrogens (primary N) is 1. The predicted octanol–water partition coefficient (Wildman–Crippen LogP) is 3.29. The van der Waals surface area contributed by atoms with Crippen molar-refractivity contribution in [2.24, 2.45) is 5.73 Å². The van der Waals surface area contributed by atoms with Crippen molar-refractivity contribution in [3.63, 3.8) is 0 Å². The number of benzene rings is 2. The van der Waals surface area contributed by atoms with Gasteiger partial charge in [-0.05, 0) is 68.0 Å². The number of allylic oxidation sites excluding steroid dienone is 1. The monoisotopic (exact) mass is 445 g/mol. The van der Waals surface area contributed by atoms with E-state index in [0.717, 1.165) is 36.0 Å². The summed E-state index contributed by atoms with van der Waals surface area (Å²) in [5.41, 5.74) is 9.55. The highest BCUT2D eigenvalue weighted by Gasteiger charge is 2.43. The first kappa shape index (κ1) is 22.9. The molecule has 1 saturated heterocycles. The van der Waals surface area contributed by atoms with Crippen molar-refractivity contribution in [1.82, 2.24) is 9.80 Å². The van der Waals surface area contributed by atoms with Gasteiger partial charge in [-0.2, -0.15) is 0 Å². The maximum absolute atomic E-state index is 13.0. The Kier molecular flexibility index (Phi) is 6.47. The Morgan fingerprint density at radius 1 is 0.879 bits per heavy atom. The lowest BCUT2D eigenvalue weighted by atomic mass is 9.76. The molecule has 0 atom stereocenters. The molecule has 1 aliphatic heterocycles. The molecule has 2 aliphatic rings. The van der Waals surface area contributed by atoms with Gasteiger partial charge in [-0.15, -0.1) is 0 Å². The molecule has 2 N–H and O–H groups in total. The highest BCUT2D eigenvalue weighted by molar-refractivity contribution is 6.24. The smallest absolute Gasteiger partial charge is 0.253 e. The summed E-state index contributed by atoms with van der Waals surface area (Å²) < 4.78 is 0. The van der Waals surface area contributed by atoms with E-state index in [1.807, 2.05) is 49.4 Å². The molecule has 172 valence electrons. The lowest BCUT2D eigenvalue weighted by Gasteiger charge is -2.43. The number of Topliss-reactive ketones (excluding diaryl/α,β-unsaturated/α-hetero) is 1. The molecule has 1 heterocycles. The molecule has 0 spiro atoms. The molecule has 33 heavy (non-hydrogen) atoms. The third-order valence-corrected chi connectivity index (χ3v) is 6.84. The van der Waals surface area contributed by atoms with Crippen LogP contribution in [0.5, 0.6) is 0 Å². The van der Waals surface area contributed by atoms with Crippen LogP contribution in [0.3, 0.4) is 0 Å². The van der Waals surface area contributed by atoms with Gasteiger partial charge in [-0.1, -0.05) is 36.4 Å². The Bertz CT molecular complexity index is 1090. The lowest BCUT2D eigenvalue weighted by molar-refractivity contribution is -0.141. The molecule has 0 aromatic heterocycles. The SMILES string of the molecule is CC(=O)/C(=C\c1ccccc1C)c1ccc(C(=O)N2CCN(C(=O)C3(N)CCC3)CC2)cc1. The fourth-order valence-electron chi connectivity index (χ4n) is 4.47. The molecule has 2 fully saturated rings. The molecular formula is C27H31N3O3. The Hall–Kier alpha value is -3.25. The Morgan fingerprint density at radius 3 is 2.00 bits per heavy atom. The second-order valence-corrected chi connectivity index (χ2v) is 9.14. The van der Waals surface area contributed by atoms with Crippen molar-refractivity contribution in [3.8, 4) is 0 Å². The van der Waals surface area contributed by atoms with Crippen molar-refractivity contribution in [3.05, 3.63) is 70.8 Å². The van der Waals surface area contributed by atoms with Crippen molar-refractivity contribution in [1.29, 1.82) is 0 Å². The fourth-order valence-corrected chi connectivity index (χ4v) is 4.47. The topological polar surface area (TPSA) is 83.7 Å². The lowest BCUT2D eigenvalue weighted by Crippen LogP contribution is -2.62. The molecule has 4 rings (SSSR count). The number of nitrogens with zero attached hydrogens (tertiary/aromatic N) is 2. The van der Waals surface area contributed by atoms with E-state index in [0.29, 0.717) is 37.3 Å². The predicted molar refractivity (Wildman–Crippen MR) is 129 cm³/mol. The summed E-state index contributed by atoms with van der Waals surface area (Å²) in [6, 6.07) is 15.1. The van der Waals surface area contributed by atoms with Crippen LogP contribution in [0.2, 0.25) is 0 Å². The maximum atomic E-state index is 13.0. The van der Waals surface area contributed by atoms with Gasteiger partial charge in [0.2, 0.25) is 5.91 Å². The van der Waals surface area contributed by atoms with E-state index >= 15 is 0 Å². The largest absolute Gasteiger partial charge is 0.338 e. The summed E-state index contributed by atoms with van der Waals surface area (Å²) in [7, 11) is 0. The van der Waals surface area contributed by atoms with E-state index in [9.17, 15) is 14.4 Å². The molecule has 0 unspecified atom stereocenters. The zero-order valence-electron chi connectivity index (χ0n) is 19.3. The summed E-state index contributed by atoms with van der Waals surface area (Å²) in [4.78, 5) is 41.5. The van der Waals surface area contributed by atoms with Gasteiger partial charge in [-0.3, -0.25) is 14.4 Å². The van der Waals surface area contributed by atoms with Crippen LogP contribution < -0.4 is 5.73 Å². The molecule has 0 bridgehead atoms. The first-order valence-electron chi connectivity index (χ1n) is 11.5. The van der Waals surface area contributed by atoms with Gasteiger partial charge < -0.3 is 15.5 Å². The second kappa shape index (κ2) is 9.32. The highest BCUT2D eigenvalue weighted by Crippen LogP contribution is 2.31.